The van der Waals surface area contributed by atoms with Gasteiger partial charge in [0.25, 0.3) is 0 Å². The zero-order chi connectivity index (χ0) is 9.14. The van der Waals surface area contributed by atoms with Gasteiger partial charge in [-0.2, -0.15) is 0 Å². The third-order valence-corrected chi connectivity index (χ3v) is 1.72. The van der Waals surface area contributed by atoms with Gasteiger partial charge in [-0.3, -0.25) is 0 Å². The second-order valence-corrected chi connectivity index (χ2v) is 2.68. The van der Waals surface area contributed by atoms with Crippen LogP contribution >= 0.6 is 0 Å². The molecule has 0 aromatic heterocycles. The molecule has 66 valence electrons. The number of halogens is 1. The molecule has 2 N–H and O–H groups in total. The van der Waals surface area contributed by atoms with Crippen molar-refractivity contribution < 1.29 is 14.6 Å². The fraction of sp³-hybridized carbons (Fsp3) is 0.333. The van der Waals surface area contributed by atoms with Crippen molar-refractivity contribution in [2.24, 2.45) is 0 Å². The highest BCUT2D eigenvalue weighted by Crippen LogP contribution is 2.16. The van der Waals surface area contributed by atoms with Gasteiger partial charge in [0.15, 0.2) is 0 Å². The molecule has 0 aliphatic carbocycles. The molecule has 0 aliphatic heterocycles. The Morgan fingerprint density at radius 3 is 2.67 bits per heavy atom. The first kappa shape index (κ1) is 9.16. The van der Waals surface area contributed by atoms with Crippen molar-refractivity contribution in [3.63, 3.8) is 0 Å². The molecule has 3 heteroatoms. The first-order chi connectivity index (χ1) is 5.65. The lowest BCUT2D eigenvalue weighted by Gasteiger charge is -2.06. The summed E-state index contributed by atoms with van der Waals surface area (Å²) < 4.78 is 12.8. The molecule has 2 nitrogen and oxygen atoms in total. The summed E-state index contributed by atoms with van der Waals surface area (Å²) in [5, 5.41) is 17.8. The second kappa shape index (κ2) is 3.65. The fourth-order valence-electron chi connectivity index (χ4n) is 0.976. The summed E-state index contributed by atoms with van der Waals surface area (Å²) in [6, 6.07) is 4.20. The standard InChI is InChI=1S/C9H11FO2/c1-6(12)7-2-3-9(10)8(4-7)5-11/h2-4,6,11-12H,5H2,1H3. The molecule has 1 aromatic carbocycles. The maximum Gasteiger partial charge on any atom is 0.128 e. The van der Waals surface area contributed by atoms with Crippen LogP contribution in [0.2, 0.25) is 0 Å². The van der Waals surface area contributed by atoms with Gasteiger partial charge in [-0.05, 0) is 24.6 Å². The summed E-state index contributed by atoms with van der Waals surface area (Å²) in [6.45, 7) is 1.25. The van der Waals surface area contributed by atoms with Gasteiger partial charge in [-0.1, -0.05) is 6.07 Å². The lowest BCUT2D eigenvalue weighted by Crippen LogP contribution is -1.96. The monoisotopic (exact) mass is 170 g/mol. The minimum atomic E-state index is -0.629. The molecule has 0 bridgehead atoms. The highest BCUT2D eigenvalue weighted by molar-refractivity contribution is 5.25. The predicted molar refractivity (Wildman–Crippen MR) is 43.0 cm³/mol. The van der Waals surface area contributed by atoms with Gasteiger partial charge in [-0.15, -0.1) is 0 Å². The number of benzene rings is 1. The van der Waals surface area contributed by atoms with Crippen LogP contribution in [0.5, 0.6) is 0 Å². The minimum absolute atomic E-state index is 0.216. The van der Waals surface area contributed by atoms with Crippen molar-refractivity contribution in [2.75, 3.05) is 0 Å². The number of aliphatic hydroxyl groups excluding tert-OH is 2. The second-order valence-electron chi connectivity index (χ2n) is 2.68. The van der Waals surface area contributed by atoms with E-state index in [1.807, 2.05) is 0 Å². The molecule has 0 saturated heterocycles. The Labute approximate surface area is 70.3 Å². The summed E-state index contributed by atoms with van der Waals surface area (Å²) in [4.78, 5) is 0. The Kier molecular flexibility index (Phi) is 2.78. The number of hydrogen-bond donors (Lipinski definition) is 2. The average Bonchev–Trinajstić information content (AvgIpc) is 2.05. The average molecular weight is 170 g/mol. The molecule has 0 fully saturated rings. The van der Waals surface area contributed by atoms with E-state index in [0.717, 1.165) is 0 Å². The topological polar surface area (TPSA) is 40.5 Å². The van der Waals surface area contributed by atoms with Crippen molar-refractivity contribution >= 4 is 0 Å². The van der Waals surface area contributed by atoms with Gasteiger partial charge in [0, 0.05) is 5.56 Å². The summed E-state index contributed by atoms with van der Waals surface area (Å²) >= 11 is 0. The first-order valence-corrected chi connectivity index (χ1v) is 3.72. The molecule has 0 amide bonds. The molecule has 1 rings (SSSR count). The van der Waals surface area contributed by atoms with E-state index in [4.69, 9.17) is 10.2 Å². The maximum absolute atomic E-state index is 12.8. The number of aliphatic hydroxyl groups is 2. The third kappa shape index (κ3) is 1.81. The Morgan fingerprint density at radius 1 is 1.50 bits per heavy atom. The van der Waals surface area contributed by atoms with E-state index in [-0.39, 0.29) is 12.2 Å². The zero-order valence-electron chi connectivity index (χ0n) is 6.79. The highest BCUT2D eigenvalue weighted by atomic mass is 19.1. The molecule has 0 radical (unpaired) electrons. The minimum Gasteiger partial charge on any atom is -0.392 e. The van der Waals surface area contributed by atoms with Crippen LogP contribution in [0, 0.1) is 5.82 Å². The Bertz CT molecular complexity index is 271. The summed E-state index contributed by atoms with van der Waals surface area (Å²) in [6.07, 6.45) is -0.629. The molecule has 1 atom stereocenters. The SMILES string of the molecule is CC(O)c1ccc(F)c(CO)c1. The Hall–Kier alpha value is -0.930. The smallest absolute Gasteiger partial charge is 0.128 e. The van der Waals surface area contributed by atoms with E-state index in [1.54, 1.807) is 6.92 Å². The lowest BCUT2D eigenvalue weighted by atomic mass is 10.1. The zero-order valence-corrected chi connectivity index (χ0v) is 6.79. The van der Waals surface area contributed by atoms with Gasteiger partial charge in [0.2, 0.25) is 0 Å². The Morgan fingerprint density at radius 2 is 2.17 bits per heavy atom. The van der Waals surface area contributed by atoms with Gasteiger partial charge in [-0.25, -0.2) is 4.39 Å². The van der Waals surface area contributed by atoms with Crippen molar-refractivity contribution in [1.82, 2.24) is 0 Å². The van der Waals surface area contributed by atoms with Crippen molar-refractivity contribution in [3.8, 4) is 0 Å². The van der Waals surface area contributed by atoms with E-state index in [2.05, 4.69) is 0 Å². The van der Waals surface area contributed by atoms with Gasteiger partial charge < -0.3 is 10.2 Å². The van der Waals surface area contributed by atoms with Crippen LogP contribution in [0.25, 0.3) is 0 Å². The Balaban J connectivity index is 3.05. The number of rotatable bonds is 2. The van der Waals surface area contributed by atoms with Crippen LogP contribution in [-0.4, -0.2) is 10.2 Å². The van der Waals surface area contributed by atoms with Gasteiger partial charge in [0.05, 0.1) is 12.7 Å². The molecule has 12 heavy (non-hydrogen) atoms. The molecular weight excluding hydrogens is 159 g/mol. The van der Waals surface area contributed by atoms with Gasteiger partial charge in [0.1, 0.15) is 5.82 Å². The first-order valence-electron chi connectivity index (χ1n) is 3.72. The van der Waals surface area contributed by atoms with E-state index in [9.17, 15) is 4.39 Å². The van der Waals surface area contributed by atoms with Crippen LogP contribution in [0.1, 0.15) is 24.2 Å². The van der Waals surface area contributed by atoms with Crippen molar-refractivity contribution in [2.45, 2.75) is 19.6 Å². The summed E-state index contributed by atoms with van der Waals surface area (Å²) in [5.41, 5.74) is 0.828. The van der Waals surface area contributed by atoms with Crippen LogP contribution < -0.4 is 0 Å². The van der Waals surface area contributed by atoms with Crippen LogP contribution in [0.4, 0.5) is 4.39 Å². The third-order valence-electron chi connectivity index (χ3n) is 1.72. The van der Waals surface area contributed by atoms with E-state index < -0.39 is 11.9 Å². The summed E-state index contributed by atoms with van der Waals surface area (Å²) in [5.74, 6) is -0.443. The quantitative estimate of drug-likeness (QED) is 0.703. The molecule has 1 unspecified atom stereocenters. The van der Waals surface area contributed by atoms with Gasteiger partial charge >= 0.3 is 0 Å². The molecule has 0 aliphatic rings. The fourth-order valence-corrected chi connectivity index (χ4v) is 0.976. The summed E-state index contributed by atoms with van der Waals surface area (Å²) in [7, 11) is 0. The predicted octanol–water partition coefficient (Wildman–Crippen LogP) is 1.37. The molecule has 0 saturated carbocycles. The maximum atomic E-state index is 12.8. The van der Waals surface area contributed by atoms with E-state index >= 15 is 0 Å². The van der Waals surface area contributed by atoms with Crippen LogP contribution in [-0.2, 0) is 6.61 Å². The molecule has 1 aromatic rings. The lowest BCUT2D eigenvalue weighted by molar-refractivity contribution is 0.198. The highest BCUT2D eigenvalue weighted by Gasteiger charge is 2.05. The van der Waals surface area contributed by atoms with E-state index in [1.165, 1.54) is 18.2 Å². The molecule has 0 spiro atoms. The normalized spacial score (nSPS) is 13.0. The van der Waals surface area contributed by atoms with Crippen LogP contribution in [0.3, 0.4) is 0 Å². The largest absolute Gasteiger partial charge is 0.392 e. The van der Waals surface area contributed by atoms with Crippen LogP contribution in [0.15, 0.2) is 18.2 Å². The van der Waals surface area contributed by atoms with Crippen molar-refractivity contribution in [1.29, 1.82) is 0 Å². The molecular formula is C9H11FO2. The number of hydrogen-bond acceptors (Lipinski definition) is 2. The van der Waals surface area contributed by atoms with E-state index in [0.29, 0.717) is 5.56 Å². The molecule has 0 heterocycles. The van der Waals surface area contributed by atoms with Crippen molar-refractivity contribution in [3.05, 3.63) is 35.1 Å².